The summed E-state index contributed by atoms with van der Waals surface area (Å²) in [7, 11) is 0. The van der Waals surface area contributed by atoms with Gasteiger partial charge in [0.25, 0.3) is 0 Å². The number of alkyl halides is 3. The van der Waals surface area contributed by atoms with Crippen LogP contribution in [-0.2, 0) is 4.74 Å². The van der Waals surface area contributed by atoms with E-state index in [-0.39, 0.29) is 13.1 Å². The number of hydrogen-bond acceptors (Lipinski definition) is 2. The summed E-state index contributed by atoms with van der Waals surface area (Å²) in [6.07, 6.45) is -4.35. The summed E-state index contributed by atoms with van der Waals surface area (Å²) in [5, 5.41) is 0. The summed E-state index contributed by atoms with van der Waals surface area (Å²) in [6, 6.07) is 5.40. The van der Waals surface area contributed by atoms with Crippen LogP contribution < -0.4 is 0 Å². The van der Waals surface area contributed by atoms with Gasteiger partial charge in [0.2, 0.25) is 0 Å². The second-order valence-electron chi connectivity index (χ2n) is 4.73. The molecule has 1 aliphatic heterocycles. The van der Waals surface area contributed by atoms with Gasteiger partial charge in [0.1, 0.15) is 0 Å². The molecule has 0 bridgehead atoms. The monoisotopic (exact) mass is 283 g/mol. The summed E-state index contributed by atoms with van der Waals surface area (Å²) >= 11 is 0. The van der Waals surface area contributed by atoms with Gasteiger partial charge >= 0.3 is 6.18 Å². The van der Waals surface area contributed by atoms with Crippen molar-refractivity contribution in [2.75, 3.05) is 26.3 Å². The molecule has 20 heavy (non-hydrogen) atoms. The third-order valence-electron chi connectivity index (χ3n) is 3.13. The number of nitrogens with zero attached hydrogens (tertiary/aromatic N) is 1. The molecular formula is C15H16F3NO. The summed E-state index contributed by atoms with van der Waals surface area (Å²) in [6.45, 7) is 3.07. The molecule has 0 amide bonds. The quantitative estimate of drug-likeness (QED) is 0.735. The molecule has 0 aromatic heterocycles. The van der Waals surface area contributed by atoms with E-state index in [1.54, 1.807) is 12.1 Å². The van der Waals surface area contributed by atoms with Crippen molar-refractivity contribution in [2.24, 2.45) is 0 Å². The lowest BCUT2D eigenvalue weighted by atomic mass is 10.1. The van der Waals surface area contributed by atoms with E-state index < -0.39 is 12.2 Å². The maximum atomic E-state index is 13.1. The Morgan fingerprint density at radius 3 is 2.30 bits per heavy atom. The van der Waals surface area contributed by atoms with Gasteiger partial charge in [-0.1, -0.05) is 29.5 Å². The number of morpholine rings is 1. The fourth-order valence-corrected chi connectivity index (χ4v) is 2.00. The molecule has 1 aliphatic rings. The molecule has 5 heteroatoms. The Kier molecular flexibility index (Phi) is 4.69. The highest BCUT2D eigenvalue weighted by Crippen LogP contribution is 2.25. The fraction of sp³-hybridized carbons (Fsp3) is 0.467. The molecule has 108 valence electrons. The van der Waals surface area contributed by atoms with Crippen molar-refractivity contribution in [3.05, 3.63) is 35.4 Å². The highest BCUT2D eigenvalue weighted by atomic mass is 19.4. The number of halogens is 3. The van der Waals surface area contributed by atoms with Crippen LogP contribution in [-0.4, -0.2) is 43.4 Å². The van der Waals surface area contributed by atoms with Crippen molar-refractivity contribution in [3.8, 4) is 11.8 Å². The van der Waals surface area contributed by atoms with Crippen molar-refractivity contribution in [1.82, 2.24) is 4.90 Å². The van der Waals surface area contributed by atoms with Crippen LogP contribution in [0.2, 0.25) is 0 Å². The molecule has 1 fully saturated rings. The van der Waals surface area contributed by atoms with E-state index in [4.69, 9.17) is 4.74 Å². The van der Waals surface area contributed by atoms with Gasteiger partial charge in [0.05, 0.1) is 13.2 Å². The number of hydrogen-bond donors (Lipinski definition) is 0. The minimum Gasteiger partial charge on any atom is -0.379 e. The van der Waals surface area contributed by atoms with Crippen LogP contribution in [0.5, 0.6) is 0 Å². The lowest BCUT2D eigenvalue weighted by Crippen LogP contribution is -2.49. The molecule has 0 radical (unpaired) electrons. The van der Waals surface area contributed by atoms with Gasteiger partial charge in [-0.2, -0.15) is 13.2 Å². The normalized spacial score (nSPS) is 18.2. The Hall–Kier alpha value is -1.51. The molecule has 2 rings (SSSR count). The minimum absolute atomic E-state index is 0.257. The molecule has 0 saturated carbocycles. The second-order valence-corrected chi connectivity index (χ2v) is 4.73. The first-order valence-corrected chi connectivity index (χ1v) is 6.43. The summed E-state index contributed by atoms with van der Waals surface area (Å²) < 4.78 is 44.3. The van der Waals surface area contributed by atoms with E-state index >= 15 is 0 Å². The van der Waals surface area contributed by atoms with Crippen LogP contribution in [0.4, 0.5) is 13.2 Å². The van der Waals surface area contributed by atoms with Crippen molar-refractivity contribution < 1.29 is 17.9 Å². The molecule has 1 aromatic rings. The molecular weight excluding hydrogens is 267 g/mol. The first kappa shape index (κ1) is 14.9. The van der Waals surface area contributed by atoms with Crippen LogP contribution in [0.3, 0.4) is 0 Å². The average molecular weight is 283 g/mol. The highest BCUT2D eigenvalue weighted by molar-refractivity contribution is 5.37. The Bertz CT molecular complexity index is 493. The smallest absolute Gasteiger partial charge is 0.379 e. The van der Waals surface area contributed by atoms with Gasteiger partial charge in [0, 0.05) is 18.7 Å². The molecule has 2 nitrogen and oxygen atoms in total. The summed E-state index contributed by atoms with van der Waals surface area (Å²) in [5.41, 5.74) is 1.65. The Labute approximate surface area is 116 Å². The predicted octanol–water partition coefficient (Wildman–Crippen LogP) is 2.61. The summed E-state index contributed by atoms with van der Waals surface area (Å²) in [4.78, 5) is 1.32. The van der Waals surface area contributed by atoms with Crippen LogP contribution in [0.25, 0.3) is 0 Å². The molecule has 1 saturated heterocycles. The van der Waals surface area contributed by atoms with Gasteiger partial charge in [-0.15, -0.1) is 0 Å². The molecule has 0 N–H and O–H groups in total. The topological polar surface area (TPSA) is 12.5 Å². The van der Waals surface area contributed by atoms with E-state index in [1.807, 2.05) is 19.1 Å². The lowest BCUT2D eigenvalue weighted by molar-refractivity contribution is -0.175. The molecule has 0 aliphatic carbocycles. The van der Waals surface area contributed by atoms with E-state index in [0.717, 1.165) is 5.56 Å². The maximum Gasteiger partial charge on any atom is 0.415 e. The van der Waals surface area contributed by atoms with Crippen LogP contribution in [0, 0.1) is 18.8 Å². The van der Waals surface area contributed by atoms with E-state index in [1.165, 1.54) is 4.90 Å². The third kappa shape index (κ3) is 3.99. The SMILES string of the molecule is Cc1ccc(C#CC(N2CCOCC2)C(F)(F)F)cc1. The predicted molar refractivity (Wildman–Crippen MR) is 70.3 cm³/mol. The molecule has 1 heterocycles. The first-order valence-electron chi connectivity index (χ1n) is 6.43. The number of benzene rings is 1. The Balaban J connectivity index is 2.18. The second kappa shape index (κ2) is 6.29. The van der Waals surface area contributed by atoms with Crippen molar-refractivity contribution in [1.29, 1.82) is 0 Å². The highest BCUT2D eigenvalue weighted by Gasteiger charge is 2.43. The summed E-state index contributed by atoms with van der Waals surface area (Å²) in [5.74, 6) is 4.98. The largest absolute Gasteiger partial charge is 0.415 e. The van der Waals surface area contributed by atoms with Gasteiger partial charge in [-0.3, -0.25) is 4.90 Å². The van der Waals surface area contributed by atoms with Crippen molar-refractivity contribution >= 4 is 0 Å². The van der Waals surface area contributed by atoms with Crippen molar-refractivity contribution in [2.45, 2.75) is 19.1 Å². The number of rotatable bonds is 1. The average Bonchev–Trinajstić information content (AvgIpc) is 2.41. The van der Waals surface area contributed by atoms with E-state index in [0.29, 0.717) is 18.8 Å². The van der Waals surface area contributed by atoms with Crippen molar-refractivity contribution in [3.63, 3.8) is 0 Å². The number of ether oxygens (including phenoxy) is 1. The lowest BCUT2D eigenvalue weighted by Gasteiger charge is -2.32. The van der Waals surface area contributed by atoms with Gasteiger partial charge in [-0.25, -0.2) is 0 Å². The van der Waals surface area contributed by atoms with Crippen LogP contribution in [0.1, 0.15) is 11.1 Å². The maximum absolute atomic E-state index is 13.1. The Morgan fingerprint density at radius 2 is 1.75 bits per heavy atom. The van der Waals surface area contributed by atoms with Gasteiger partial charge in [0.15, 0.2) is 6.04 Å². The fourth-order valence-electron chi connectivity index (χ4n) is 2.00. The van der Waals surface area contributed by atoms with Gasteiger partial charge in [-0.05, 0) is 19.1 Å². The van der Waals surface area contributed by atoms with E-state index in [9.17, 15) is 13.2 Å². The van der Waals surface area contributed by atoms with E-state index in [2.05, 4.69) is 11.8 Å². The standard InChI is InChI=1S/C15H16F3NO/c1-12-2-4-13(5-3-12)6-7-14(15(16,17)18)19-8-10-20-11-9-19/h2-5,14H,8-11H2,1H3. The zero-order valence-electron chi connectivity index (χ0n) is 11.2. The van der Waals surface area contributed by atoms with Gasteiger partial charge < -0.3 is 4.74 Å². The molecule has 1 unspecified atom stereocenters. The minimum atomic E-state index is -4.35. The van der Waals surface area contributed by atoms with Crippen LogP contribution in [0.15, 0.2) is 24.3 Å². The zero-order valence-corrected chi connectivity index (χ0v) is 11.2. The number of aryl methyl sites for hydroxylation is 1. The molecule has 1 aromatic carbocycles. The first-order chi connectivity index (χ1) is 9.47. The molecule has 0 spiro atoms. The van der Waals surface area contributed by atoms with Crippen LogP contribution >= 0.6 is 0 Å². The zero-order chi connectivity index (χ0) is 14.6. The third-order valence-corrected chi connectivity index (χ3v) is 3.13. The Morgan fingerprint density at radius 1 is 1.15 bits per heavy atom. The molecule has 1 atom stereocenters.